The predicted molar refractivity (Wildman–Crippen MR) is 119 cm³/mol. The molecular formula is C26H22N2O. The molecule has 0 saturated heterocycles. The Kier molecular flexibility index (Phi) is 5.99. The molecule has 4 aromatic carbocycles. The predicted octanol–water partition coefficient (Wildman–Crippen LogP) is 6.13. The van der Waals surface area contributed by atoms with E-state index < -0.39 is 0 Å². The van der Waals surface area contributed by atoms with Gasteiger partial charge in [-0.2, -0.15) is 5.10 Å². The zero-order valence-corrected chi connectivity index (χ0v) is 16.0. The third kappa shape index (κ3) is 5.11. The van der Waals surface area contributed by atoms with Gasteiger partial charge >= 0.3 is 0 Å². The fourth-order valence-corrected chi connectivity index (χ4v) is 3.00. The first kappa shape index (κ1) is 18.5. The lowest BCUT2D eigenvalue weighted by Crippen LogP contribution is -2.06. The molecule has 0 aliphatic rings. The van der Waals surface area contributed by atoms with E-state index in [-0.39, 0.29) is 0 Å². The van der Waals surface area contributed by atoms with E-state index in [0.717, 1.165) is 33.8 Å². The Balaban J connectivity index is 1.53. The minimum absolute atomic E-state index is 0.535. The van der Waals surface area contributed by atoms with Gasteiger partial charge in [0.1, 0.15) is 12.4 Å². The van der Waals surface area contributed by atoms with Crippen LogP contribution in [0.4, 0.5) is 5.69 Å². The van der Waals surface area contributed by atoms with Gasteiger partial charge in [0.15, 0.2) is 0 Å². The number of nitrogens with zero attached hydrogens (tertiary/aromatic N) is 1. The lowest BCUT2D eigenvalue weighted by molar-refractivity contribution is 0.306. The topological polar surface area (TPSA) is 33.6 Å². The zero-order valence-electron chi connectivity index (χ0n) is 16.0. The largest absolute Gasteiger partial charge is 0.489 e. The standard InChI is InChI=1S/C26H22N2O/c1-4-11-21(12-5-1)20-29-25-18-10-17-24(19-25)27-28-26(22-13-6-2-7-14-22)23-15-8-3-9-16-23/h1-19,27H,20H2. The number of hydrogen-bond acceptors (Lipinski definition) is 3. The molecular weight excluding hydrogens is 356 g/mol. The molecule has 29 heavy (non-hydrogen) atoms. The molecule has 0 bridgehead atoms. The molecule has 3 nitrogen and oxygen atoms in total. The van der Waals surface area contributed by atoms with Gasteiger partial charge in [0.2, 0.25) is 0 Å². The first-order valence-corrected chi connectivity index (χ1v) is 9.60. The first-order valence-electron chi connectivity index (χ1n) is 9.60. The summed E-state index contributed by atoms with van der Waals surface area (Å²) in [5.41, 5.74) is 8.21. The maximum absolute atomic E-state index is 5.92. The molecule has 0 aromatic heterocycles. The van der Waals surface area contributed by atoms with Crippen molar-refractivity contribution in [3.05, 3.63) is 132 Å². The molecule has 4 aromatic rings. The first-order chi connectivity index (χ1) is 14.4. The summed E-state index contributed by atoms with van der Waals surface area (Å²) in [7, 11) is 0. The van der Waals surface area contributed by atoms with Crippen LogP contribution < -0.4 is 10.2 Å². The number of ether oxygens (including phenoxy) is 1. The van der Waals surface area contributed by atoms with Gasteiger partial charge in [0.05, 0.1) is 11.4 Å². The third-order valence-corrected chi connectivity index (χ3v) is 4.47. The van der Waals surface area contributed by atoms with Gasteiger partial charge in [-0.15, -0.1) is 0 Å². The SMILES string of the molecule is c1ccc(COc2cccc(NN=C(c3ccccc3)c3ccccc3)c2)cc1. The molecule has 3 heteroatoms. The summed E-state index contributed by atoms with van der Waals surface area (Å²) in [5.74, 6) is 0.801. The van der Waals surface area contributed by atoms with Gasteiger partial charge in [-0.3, -0.25) is 5.43 Å². The van der Waals surface area contributed by atoms with Crippen LogP contribution in [0, 0.1) is 0 Å². The molecule has 0 saturated carbocycles. The monoisotopic (exact) mass is 378 g/mol. The molecule has 1 N–H and O–H groups in total. The summed E-state index contributed by atoms with van der Waals surface area (Å²) in [6.07, 6.45) is 0. The van der Waals surface area contributed by atoms with Crippen molar-refractivity contribution < 1.29 is 4.74 Å². The summed E-state index contributed by atoms with van der Waals surface area (Å²) in [6.45, 7) is 0.535. The lowest BCUT2D eigenvalue weighted by Gasteiger charge is -2.10. The number of benzene rings is 4. The van der Waals surface area contributed by atoms with Crippen molar-refractivity contribution in [3.63, 3.8) is 0 Å². The van der Waals surface area contributed by atoms with E-state index in [0.29, 0.717) is 6.61 Å². The van der Waals surface area contributed by atoms with E-state index >= 15 is 0 Å². The van der Waals surface area contributed by atoms with E-state index in [2.05, 4.69) is 41.8 Å². The lowest BCUT2D eigenvalue weighted by atomic mass is 10.0. The van der Waals surface area contributed by atoms with Crippen LogP contribution in [0.1, 0.15) is 16.7 Å². The van der Waals surface area contributed by atoms with Crippen LogP contribution in [0.2, 0.25) is 0 Å². The number of hydrazone groups is 1. The highest BCUT2D eigenvalue weighted by atomic mass is 16.5. The van der Waals surface area contributed by atoms with E-state index in [4.69, 9.17) is 9.84 Å². The van der Waals surface area contributed by atoms with Gasteiger partial charge in [0.25, 0.3) is 0 Å². The van der Waals surface area contributed by atoms with E-state index in [1.165, 1.54) is 0 Å². The van der Waals surface area contributed by atoms with Crippen LogP contribution in [0.25, 0.3) is 0 Å². The zero-order chi connectivity index (χ0) is 19.7. The van der Waals surface area contributed by atoms with Gasteiger partial charge < -0.3 is 4.74 Å². The molecule has 0 aliphatic carbocycles. The Morgan fingerprint density at radius 1 is 0.655 bits per heavy atom. The molecule has 0 spiro atoms. The number of hydrogen-bond donors (Lipinski definition) is 1. The second kappa shape index (κ2) is 9.38. The van der Waals surface area contributed by atoms with Crippen LogP contribution in [0.3, 0.4) is 0 Å². The molecule has 0 fully saturated rings. The Morgan fingerprint density at radius 3 is 1.86 bits per heavy atom. The van der Waals surface area contributed by atoms with E-state index in [1.54, 1.807) is 0 Å². The molecule has 0 unspecified atom stereocenters. The van der Waals surface area contributed by atoms with Crippen LogP contribution in [0.15, 0.2) is 120 Å². The highest BCUT2D eigenvalue weighted by Crippen LogP contribution is 2.19. The second-order valence-electron chi connectivity index (χ2n) is 6.61. The second-order valence-corrected chi connectivity index (χ2v) is 6.61. The Morgan fingerprint density at radius 2 is 1.24 bits per heavy atom. The highest BCUT2D eigenvalue weighted by molar-refractivity contribution is 6.13. The Bertz CT molecular complexity index is 1020. The number of anilines is 1. The van der Waals surface area contributed by atoms with Gasteiger partial charge in [-0.1, -0.05) is 97.1 Å². The maximum atomic E-state index is 5.92. The average Bonchev–Trinajstić information content (AvgIpc) is 2.80. The highest BCUT2D eigenvalue weighted by Gasteiger charge is 2.06. The summed E-state index contributed by atoms with van der Waals surface area (Å²) < 4.78 is 5.92. The van der Waals surface area contributed by atoms with Gasteiger partial charge in [0, 0.05) is 17.2 Å². The summed E-state index contributed by atoms with van der Waals surface area (Å²) >= 11 is 0. The summed E-state index contributed by atoms with van der Waals surface area (Å²) in [5, 5.41) is 4.70. The minimum Gasteiger partial charge on any atom is -0.489 e. The fourth-order valence-electron chi connectivity index (χ4n) is 3.00. The number of rotatable bonds is 7. The molecule has 4 rings (SSSR count). The summed E-state index contributed by atoms with van der Waals surface area (Å²) in [4.78, 5) is 0. The molecule has 142 valence electrons. The number of nitrogens with one attached hydrogen (secondary N) is 1. The van der Waals surface area contributed by atoms with Crippen molar-refractivity contribution in [1.82, 2.24) is 0 Å². The normalized spacial score (nSPS) is 10.2. The van der Waals surface area contributed by atoms with E-state index in [9.17, 15) is 0 Å². The average molecular weight is 378 g/mol. The van der Waals surface area contributed by atoms with Crippen LogP contribution in [-0.2, 0) is 6.61 Å². The van der Waals surface area contributed by atoms with Crippen molar-refractivity contribution in [1.29, 1.82) is 0 Å². The molecule has 0 heterocycles. The van der Waals surface area contributed by atoms with Crippen molar-refractivity contribution in [2.24, 2.45) is 5.10 Å². The molecule has 0 aliphatic heterocycles. The van der Waals surface area contributed by atoms with Crippen molar-refractivity contribution in [3.8, 4) is 5.75 Å². The minimum atomic E-state index is 0.535. The Hall–Kier alpha value is -3.85. The molecule has 0 radical (unpaired) electrons. The van der Waals surface area contributed by atoms with E-state index in [1.807, 2.05) is 78.9 Å². The van der Waals surface area contributed by atoms with Crippen molar-refractivity contribution >= 4 is 11.4 Å². The van der Waals surface area contributed by atoms with Gasteiger partial charge in [-0.05, 0) is 17.7 Å². The smallest absolute Gasteiger partial charge is 0.121 e. The quantitative estimate of drug-likeness (QED) is 0.310. The van der Waals surface area contributed by atoms with Crippen LogP contribution in [0.5, 0.6) is 5.75 Å². The summed E-state index contributed by atoms with van der Waals surface area (Å²) in [6, 6.07) is 38.3. The van der Waals surface area contributed by atoms with Crippen molar-refractivity contribution in [2.45, 2.75) is 6.61 Å². The third-order valence-electron chi connectivity index (χ3n) is 4.47. The molecule has 0 amide bonds. The van der Waals surface area contributed by atoms with Gasteiger partial charge in [-0.25, -0.2) is 0 Å². The fraction of sp³-hybridized carbons (Fsp3) is 0.0385. The molecule has 0 atom stereocenters. The van der Waals surface area contributed by atoms with Crippen LogP contribution >= 0.6 is 0 Å². The van der Waals surface area contributed by atoms with Crippen LogP contribution in [-0.4, -0.2) is 5.71 Å². The Labute approximate surface area is 171 Å². The maximum Gasteiger partial charge on any atom is 0.121 e. The van der Waals surface area contributed by atoms with Crippen molar-refractivity contribution in [2.75, 3.05) is 5.43 Å².